The van der Waals surface area contributed by atoms with Crippen LogP contribution in [0.15, 0.2) is 30.3 Å². The first-order valence-corrected chi connectivity index (χ1v) is 10.3. The zero-order valence-electron chi connectivity index (χ0n) is 15.8. The van der Waals surface area contributed by atoms with Crippen LogP contribution in [0.3, 0.4) is 0 Å². The van der Waals surface area contributed by atoms with E-state index in [2.05, 4.69) is 11.0 Å². The first-order valence-electron chi connectivity index (χ1n) is 9.11. The highest BCUT2D eigenvalue weighted by atomic mass is 35.5. The lowest BCUT2D eigenvalue weighted by Crippen LogP contribution is -2.48. The van der Waals surface area contributed by atoms with Gasteiger partial charge in [0.1, 0.15) is 0 Å². The summed E-state index contributed by atoms with van der Waals surface area (Å²) in [7, 11) is 0. The van der Waals surface area contributed by atoms with Crippen molar-refractivity contribution in [2.75, 3.05) is 31.1 Å². The normalized spacial score (nSPS) is 14.8. The van der Waals surface area contributed by atoms with Crippen LogP contribution >= 0.6 is 22.9 Å². The summed E-state index contributed by atoms with van der Waals surface area (Å²) in [4.78, 5) is 21.9. The van der Waals surface area contributed by atoms with Gasteiger partial charge < -0.3 is 9.80 Å². The van der Waals surface area contributed by atoms with Crippen LogP contribution in [0.5, 0.6) is 0 Å². The van der Waals surface area contributed by atoms with Gasteiger partial charge in [-0.1, -0.05) is 40.6 Å². The summed E-state index contributed by atoms with van der Waals surface area (Å²) in [5.41, 5.74) is 5.04. The third kappa shape index (κ3) is 3.42. The van der Waals surface area contributed by atoms with Gasteiger partial charge in [0.2, 0.25) is 0 Å². The molecule has 4 rings (SSSR count). The fraction of sp³-hybridized carbons (Fsp3) is 0.333. The number of hydrogen-bond acceptors (Lipinski definition) is 4. The van der Waals surface area contributed by atoms with E-state index in [-0.39, 0.29) is 5.91 Å². The number of carbonyl (C=O) groups excluding carboxylic acids is 1. The quantitative estimate of drug-likeness (QED) is 0.618. The van der Waals surface area contributed by atoms with Gasteiger partial charge in [0.15, 0.2) is 5.13 Å². The van der Waals surface area contributed by atoms with E-state index in [0.717, 1.165) is 50.2 Å². The molecule has 140 valence electrons. The van der Waals surface area contributed by atoms with Crippen molar-refractivity contribution in [1.82, 2.24) is 9.88 Å². The molecule has 2 aromatic carbocycles. The van der Waals surface area contributed by atoms with Crippen LogP contribution in [0.2, 0.25) is 5.02 Å². The van der Waals surface area contributed by atoms with Crippen molar-refractivity contribution in [2.24, 2.45) is 0 Å². The molecule has 1 aliphatic heterocycles. The average Bonchev–Trinajstić information content (AvgIpc) is 3.09. The maximum atomic E-state index is 12.9. The Hall–Kier alpha value is -2.11. The average molecular weight is 400 g/mol. The molecule has 0 atom stereocenters. The van der Waals surface area contributed by atoms with Crippen LogP contribution in [0.4, 0.5) is 5.13 Å². The second-order valence-electron chi connectivity index (χ2n) is 7.11. The molecule has 0 unspecified atom stereocenters. The molecule has 1 amide bonds. The van der Waals surface area contributed by atoms with Crippen molar-refractivity contribution in [3.05, 3.63) is 57.6 Å². The number of hydrogen-bond donors (Lipinski definition) is 0. The molecule has 2 heterocycles. The lowest BCUT2D eigenvalue weighted by Gasteiger charge is -2.34. The van der Waals surface area contributed by atoms with Gasteiger partial charge >= 0.3 is 0 Å². The predicted octanol–water partition coefficient (Wildman–Crippen LogP) is 4.84. The minimum atomic E-state index is 0.124. The molecule has 0 saturated carbocycles. The smallest absolute Gasteiger partial charge is 0.254 e. The van der Waals surface area contributed by atoms with E-state index in [4.69, 9.17) is 16.6 Å². The molecule has 4 nitrogen and oxygen atoms in total. The summed E-state index contributed by atoms with van der Waals surface area (Å²) < 4.78 is 1.15. The van der Waals surface area contributed by atoms with Crippen molar-refractivity contribution in [3.63, 3.8) is 0 Å². The number of carbonyl (C=O) groups is 1. The van der Waals surface area contributed by atoms with Crippen LogP contribution in [0.25, 0.3) is 10.2 Å². The number of piperazine rings is 1. The largest absolute Gasteiger partial charge is 0.345 e. The molecular weight excluding hydrogens is 378 g/mol. The van der Waals surface area contributed by atoms with E-state index in [0.29, 0.717) is 13.1 Å². The summed E-state index contributed by atoms with van der Waals surface area (Å²) in [6, 6.07) is 9.98. The van der Waals surface area contributed by atoms with Gasteiger partial charge in [0.05, 0.1) is 10.2 Å². The van der Waals surface area contributed by atoms with E-state index in [1.54, 1.807) is 11.3 Å². The molecule has 1 aliphatic rings. The maximum absolute atomic E-state index is 12.9. The first-order chi connectivity index (χ1) is 12.9. The number of aromatic nitrogens is 1. The van der Waals surface area contributed by atoms with E-state index in [1.807, 2.05) is 49.9 Å². The van der Waals surface area contributed by atoms with Crippen LogP contribution in [-0.2, 0) is 0 Å². The van der Waals surface area contributed by atoms with E-state index in [9.17, 15) is 4.79 Å². The van der Waals surface area contributed by atoms with Crippen molar-refractivity contribution < 1.29 is 4.79 Å². The molecule has 1 fully saturated rings. The lowest BCUT2D eigenvalue weighted by molar-refractivity contribution is 0.0746. The van der Waals surface area contributed by atoms with Gasteiger partial charge in [-0.05, 0) is 50.1 Å². The van der Waals surface area contributed by atoms with Gasteiger partial charge in [-0.2, -0.15) is 0 Å². The third-order valence-corrected chi connectivity index (χ3v) is 6.68. The Bertz CT molecular complexity index is 1020. The second kappa shape index (κ2) is 7.13. The number of fused-ring (bicyclic) bond motifs is 1. The van der Waals surface area contributed by atoms with E-state index >= 15 is 0 Å². The number of amides is 1. The highest BCUT2D eigenvalue weighted by molar-refractivity contribution is 7.22. The fourth-order valence-corrected chi connectivity index (χ4v) is 4.78. The van der Waals surface area contributed by atoms with Gasteiger partial charge in [0, 0.05) is 36.8 Å². The molecule has 3 aromatic rings. The van der Waals surface area contributed by atoms with Gasteiger partial charge in [-0.3, -0.25) is 4.79 Å². The Balaban J connectivity index is 1.49. The van der Waals surface area contributed by atoms with Crippen LogP contribution in [-0.4, -0.2) is 42.0 Å². The molecule has 0 N–H and O–H groups in total. The summed E-state index contributed by atoms with van der Waals surface area (Å²) in [6.45, 7) is 9.07. The molecule has 0 bridgehead atoms. The topological polar surface area (TPSA) is 36.4 Å². The molecule has 0 radical (unpaired) electrons. The molecule has 0 aliphatic carbocycles. The lowest BCUT2D eigenvalue weighted by atomic mass is 10.0. The van der Waals surface area contributed by atoms with Crippen LogP contribution < -0.4 is 4.90 Å². The first kappa shape index (κ1) is 18.3. The zero-order chi connectivity index (χ0) is 19.1. The van der Waals surface area contributed by atoms with E-state index in [1.165, 1.54) is 5.56 Å². The molecule has 1 aromatic heterocycles. The SMILES string of the molecule is Cc1ccc(C(=O)N2CCN(c3nc4c(C)c(Cl)ccc4s3)CC2)c(C)c1. The molecule has 1 saturated heterocycles. The maximum Gasteiger partial charge on any atom is 0.254 e. The van der Waals surface area contributed by atoms with Crippen LogP contribution in [0, 0.1) is 20.8 Å². The second-order valence-corrected chi connectivity index (χ2v) is 8.53. The number of aryl methyl sites for hydroxylation is 3. The number of benzene rings is 2. The summed E-state index contributed by atoms with van der Waals surface area (Å²) >= 11 is 7.91. The van der Waals surface area contributed by atoms with Gasteiger partial charge in [-0.15, -0.1) is 0 Å². The summed E-state index contributed by atoms with van der Waals surface area (Å²) in [5.74, 6) is 0.124. The minimum Gasteiger partial charge on any atom is -0.345 e. The number of rotatable bonds is 2. The van der Waals surface area contributed by atoms with Gasteiger partial charge in [0.25, 0.3) is 5.91 Å². The summed E-state index contributed by atoms with van der Waals surface area (Å²) in [5, 5.41) is 1.76. The highest BCUT2D eigenvalue weighted by Crippen LogP contribution is 2.33. The number of thiazole rings is 1. The Labute approximate surface area is 168 Å². The summed E-state index contributed by atoms with van der Waals surface area (Å²) in [6.07, 6.45) is 0. The molecule has 27 heavy (non-hydrogen) atoms. The van der Waals surface area contributed by atoms with Crippen molar-refractivity contribution in [3.8, 4) is 0 Å². The molecular formula is C21H22ClN3OS. The fourth-order valence-electron chi connectivity index (χ4n) is 3.55. The minimum absolute atomic E-state index is 0.124. The number of nitrogens with zero attached hydrogens (tertiary/aromatic N) is 3. The van der Waals surface area contributed by atoms with Crippen LogP contribution in [0.1, 0.15) is 27.0 Å². The Morgan fingerprint density at radius 2 is 1.81 bits per heavy atom. The Morgan fingerprint density at radius 3 is 2.52 bits per heavy atom. The highest BCUT2D eigenvalue weighted by Gasteiger charge is 2.25. The Morgan fingerprint density at radius 1 is 1.07 bits per heavy atom. The van der Waals surface area contributed by atoms with E-state index < -0.39 is 0 Å². The third-order valence-electron chi connectivity index (χ3n) is 5.19. The standard InChI is InChI=1S/C21H22ClN3OS/c1-13-4-5-16(14(2)12-13)20(26)24-8-10-25(11-9-24)21-23-19-15(3)17(22)6-7-18(19)27-21/h4-7,12H,8-11H2,1-3H3. The number of anilines is 1. The van der Waals surface area contributed by atoms with Crippen molar-refractivity contribution in [2.45, 2.75) is 20.8 Å². The zero-order valence-corrected chi connectivity index (χ0v) is 17.3. The van der Waals surface area contributed by atoms with Gasteiger partial charge in [-0.25, -0.2) is 4.98 Å². The molecule has 6 heteroatoms. The number of halogens is 1. The monoisotopic (exact) mass is 399 g/mol. The predicted molar refractivity (Wildman–Crippen MR) is 113 cm³/mol. The van der Waals surface area contributed by atoms with Crippen molar-refractivity contribution >= 4 is 44.2 Å². The van der Waals surface area contributed by atoms with Crippen molar-refractivity contribution in [1.29, 1.82) is 0 Å². The Kier molecular flexibility index (Phi) is 4.82. The molecule has 0 spiro atoms.